The highest BCUT2D eigenvalue weighted by Crippen LogP contribution is 2.17. The van der Waals surface area contributed by atoms with Crippen LogP contribution in [0.15, 0.2) is 59.4 Å². The molecule has 1 aliphatic rings. The highest BCUT2D eigenvalue weighted by atomic mass is 16.5. The maximum absolute atomic E-state index is 12.7. The summed E-state index contributed by atoms with van der Waals surface area (Å²) in [6, 6.07) is 11.8. The molecule has 1 saturated heterocycles. The molecule has 1 N–H and O–H groups in total. The number of carbonyl (C=O) groups excluding carboxylic acids is 2. The first-order valence-corrected chi connectivity index (χ1v) is 9.19. The number of amides is 2. The average Bonchev–Trinajstić information content (AvgIpc) is 3.23. The van der Waals surface area contributed by atoms with E-state index in [2.05, 4.69) is 20.4 Å². The molecule has 1 fully saturated rings. The minimum Gasteiger partial charge on any atom is -0.484 e. The fourth-order valence-corrected chi connectivity index (χ4v) is 3.08. The molecule has 3 aromatic rings. The molecule has 2 amide bonds. The van der Waals surface area contributed by atoms with Crippen LogP contribution >= 0.6 is 0 Å². The number of nitrogens with zero attached hydrogens (tertiary/aromatic N) is 4. The van der Waals surface area contributed by atoms with Crippen LogP contribution in [0.3, 0.4) is 0 Å². The Kier molecular flexibility index (Phi) is 5.46. The summed E-state index contributed by atoms with van der Waals surface area (Å²) in [4.78, 5) is 34.9. The minimum absolute atomic E-state index is 0.126. The molecule has 1 aliphatic heterocycles. The van der Waals surface area contributed by atoms with Crippen LogP contribution in [0, 0.1) is 0 Å². The van der Waals surface area contributed by atoms with E-state index in [4.69, 9.17) is 9.26 Å². The van der Waals surface area contributed by atoms with Crippen LogP contribution in [-0.4, -0.2) is 57.6 Å². The van der Waals surface area contributed by atoms with E-state index in [0.29, 0.717) is 24.7 Å². The third-order valence-electron chi connectivity index (χ3n) is 4.53. The van der Waals surface area contributed by atoms with E-state index in [1.165, 1.54) is 4.90 Å². The molecular weight excluding hydrogens is 374 g/mol. The molecule has 2 aromatic heterocycles. The molecule has 0 spiro atoms. The summed E-state index contributed by atoms with van der Waals surface area (Å²) in [6.45, 7) is 0.622. The summed E-state index contributed by atoms with van der Waals surface area (Å²) in [6.07, 6.45) is 3.39. The number of benzene rings is 1. The Morgan fingerprint density at radius 3 is 2.79 bits per heavy atom. The van der Waals surface area contributed by atoms with Crippen molar-refractivity contribution in [3.05, 3.63) is 60.7 Å². The molecule has 0 saturated carbocycles. The van der Waals surface area contributed by atoms with E-state index >= 15 is 0 Å². The summed E-state index contributed by atoms with van der Waals surface area (Å²) in [5.74, 6) is 0.748. The second-order valence-corrected chi connectivity index (χ2v) is 6.45. The van der Waals surface area contributed by atoms with E-state index < -0.39 is 6.04 Å². The van der Waals surface area contributed by atoms with Gasteiger partial charge in [0, 0.05) is 31.0 Å². The van der Waals surface area contributed by atoms with Crippen molar-refractivity contribution in [3.63, 3.8) is 0 Å². The smallest absolute Gasteiger partial charge is 0.261 e. The zero-order valence-corrected chi connectivity index (χ0v) is 15.5. The first-order valence-electron chi connectivity index (χ1n) is 9.19. The molecule has 0 radical (unpaired) electrons. The van der Waals surface area contributed by atoms with Crippen LogP contribution in [0.1, 0.15) is 5.89 Å². The van der Waals surface area contributed by atoms with Gasteiger partial charge in [-0.3, -0.25) is 14.6 Å². The Hall–Kier alpha value is -3.75. The molecule has 3 heterocycles. The van der Waals surface area contributed by atoms with Gasteiger partial charge < -0.3 is 19.5 Å². The van der Waals surface area contributed by atoms with Gasteiger partial charge in [-0.05, 0) is 24.3 Å². The quantitative estimate of drug-likeness (QED) is 0.667. The number of rotatable bonds is 6. The van der Waals surface area contributed by atoms with Gasteiger partial charge in [0.05, 0.1) is 6.42 Å². The highest BCUT2D eigenvalue weighted by molar-refractivity contribution is 5.89. The Morgan fingerprint density at radius 1 is 1.21 bits per heavy atom. The van der Waals surface area contributed by atoms with Gasteiger partial charge in [-0.25, -0.2) is 0 Å². The third kappa shape index (κ3) is 4.40. The Morgan fingerprint density at radius 2 is 2.00 bits per heavy atom. The fraction of sp³-hybridized carbons (Fsp3) is 0.250. The summed E-state index contributed by atoms with van der Waals surface area (Å²) in [7, 11) is 0. The lowest BCUT2D eigenvalue weighted by atomic mass is 10.1. The molecule has 1 unspecified atom stereocenters. The molecule has 1 aromatic carbocycles. The lowest BCUT2D eigenvalue weighted by molar-refractivity contribution is -0.144. The topological polar surface area (TPSA) is 110 Å². The van der Waals surface area contributed by atoms with Gasteiger partial charge in [0.1, 0.15) is 11.8 Å². The first kappa shape index (κ1) is 18.6. The number of nitrogens with one attached hydrogen (secondary N) is 1. The monoisotopic (exact) mass is 393 g/mol. The maximum atomic E-state index is 12.7. The van der Waals surface area contributed by atoms with Crippen molar-refractivity contribution in [2.24, 2.45) is 0 Å². The lowest BCUT2D eigenvalue weighted by Gasteiger charge is -2.34. The predicted octanol–water partition coefficient (Wildman–Crippen LogP) is 1.08. The molecule has 9 nitrogen and oxygen atoms in total. The molecule has 4 rings (SSSR count). The molecule has 148 valence electrons. The Balaban J connectivity index is 1.44. The molecule has 1 atom stereocenters. The van der Waals surface area contributed by atoms with E-state index in [1.54, 1.807) is 36.7 Å². The van der Waals surface area contributed by atoms with Crippen molar-refractivity contribution < 1.29 is 18.8 Å². The first-order chi connectivity index (χ1) is 14.2. The predicted molar refractivity (Wildman–Crippen MR) is 102 cm³/mol. The largest absolute Gasteiger partial charge is 0.484 e. The van der Waals surface area contributed by atoms with Crippen LogP contribution in [0.2, 0.25) is 0 Å². The van der Waals surface area contributed by atoms with Crippen molar-refractivity contribution in [3.8, 4) is 17.1 Å². The lowest BCUT2D eigenvalue weighted by Crippen LogP contribution is -2.58. The number of ether oxygens (including phenoxy) is 1. The second kappa shape index (κ2) is 8.51. The summed E-state index contributed by atoms with van der Waals surface area (Å²) < 4.78 is 10.8. The van der Waals surface area contributed by atoms with E-state index in [9.17, 15) is 9.59 Å². The van der Waals surface area contributed by atoms with Crippen LogP contribution in [0.4, 0.5) is 0 Å². The zero-order valence-electron chi connectivity index (χ0n) is 15.5. The zero-order chi connectivity index (χ0) is 20.1. The standard InChI is InChI=1S/C20H19N5O4/c26-18(13-28-15-4-2-1-3-5-15)25-11-10-22-20(27)16(25)12-17-23-19(24-29-17)14-6-8-21-9-7-14/h1-9,16H,10-13H2,(H,22,27). The van der Waals surface area contributed by atoms with Crippen molar-refractivity contribution >= 4 is 11.8 Å². The van der Waals surface area contributed by atoms with Gasteiger partial charge in [0.25, 0.3) is 5.91 Å². The van der Waals surface area contributed by atoms with Gasteiger partial charge in [0.15, 0.2) is 6.61 Å². The number of hydrogen-bond donors (Lipinski definition) is 1. The van der Waals surface area contributed by atoms with Crippen molar-refractivity contribution in [2.75, 3.05) is 19.7 Å². The van der Waals surface area contributed by atoms with Gasteiger partial charge in [-0.1, -0.05) is 23.4 Å². The van der Waals surface area contributed by atoms with Crippen LogP contribution in [0.25, 0.3) is 11.4 Å². The van der Waals surface area contributed by atoms with Crippen molar-refractivity contribution in [1.82, 2.24) is 25.3 Å². The Labute approximate surface area is 166 Å². The number of para-hydroxylation sites is 1. The molecule has 0 aliphatic carbocycles. The summed E-state index contributed by atoms with van der Waals surface area (Å²) in [5, 5.41) is 6.73. The highest BCUT2D eigenvalue weighted by Gasteiger charge is 2.34. The number of pyridine rings is 1. The van der Waals surface area contributed by atoms with Crippen LogP contribution in [-0.2, 0) is 16.0 Å². The van der Waals surface area contributed by atoms with E-state index in [0.717, 1.165) is 5.56 Å². The Bertz CT molecular complexity index is 977. The number of hydrogen-bond acceptors (Lipinski definition) is 7. The summed E-state index contributed by atoms with van der Waals surface area (Å²) >= 11 is 0. The fourth-order valence-electron chi connectivity index (χ4n) is 3.08. The van der Waals surface area contributed by atoms with Crippen LogP contribution < -0.4 is 10.1 Å². The van der Waals surface area contributed by atoms with Gasteiger partial charge >= 0.3 is 0 Å². The number of carbonyl (C=O) groups is 2. The van der Waals surface area contributed by atoms with E-state index in [1.807, 2.05) is 18.2 Å². The normalized spacial score (nSPS) is 16.3. The SMILES string of the molecule is O=C1NCCN(C(=O)COc2ccccc2)C1Cc1nc(-c2ccncc2)no1. The molecule has 29 heavy (non-hydrogen) atoms. The van der Waals surface area contributed by atoms with Gasteiger partial charge in [-0.2, -0.15) is 4.98 Å². The van der Waals surface area contributed by atoms with Gasteiger partial charge in [-0.15, -0.1) is 0 Å². The molecule has 0 bridgehead atoms. The number of aromatic nitrogens is 3. The molecule has 9 heteroatoms. The molecular formula is C20H19N5O4. The van der Waals surface area contributed by atoms with Crippen LogP contribution in [0.5, 0.6) is 5.75 Å². The number of piperazine rings is 1. The van der Waals surface area contributed by atoms with Crippen molar-refractivity contribution in [1.29, 1.82) is 0 Å². The summed E-state index contributed by atoms with van der Waals surface area (Å²) in [5.41, 5.74) is 0.757. The average molecular weight is 393 g/mol. The second-order valence-electron chi connectivity index (χ2n) is 6.45. The minimum atomic E-state index is -0.735. The van der Waals surface area contributed by atoms with Gasteiger partial charge in [0.2, 0.25) is 17.6 Å². The maximum Gasteiger partial charge on any atom is 0.261 e. The van der Waals surface area contributed by atoms with E-state index in [-0.39, 0.29) is 30.7 Å². The third-order valence-corrected chi connectivity index (χ3v) is 4.53. The van der Waals surface area contributed by atoms with Crippen molar-refractivity contribution in [2.45, 2.75) is 12.5 Å².